The van der Waals surface area contributed by atoms with Gasteiger partial charge in [0.2, 0.25) is 0 Å². The third kappa shape index (κ3) is 3.99. The van der Waals surface area contributed by atoms with Crippen LogP contribution in [0.15, 0.2) is 18.2 Å². The number of nitrogens with one attached hydrogen (secondary N) is 1. The summed E-state index contributed by atoms with van der Waals surface area (Å²) in [7, 11) is 0. The smallest absolute Gasteiger partial charge is 0.255 e. The Hall–Kier alpha value is -1.51. The van der Waals surface area contributed by atoms with E-state index in [1.165, 1.54) is 25.7 Å². The molecule has 3 nitrogen and oxygen atoms in total. The van der Waals surface area contributed by atoms with Gasteiger partial charge in [-0.15, -0.1) is 0 Å². The van der Waals surface area contributed by atoms with Crippen LogP contribution in [0.1, 0.15) is 54.9 Å². The first kappa shape index (κ1) is 14.9. The average Bonchev–Trinajstić information content (AvgIpc) is 2.43. The largest absolute Gasteiger partial charge is 0.507 e. The van der Waals surface area contributed by atoms with Crippen molar-refractivity contribution in [3.63, 3.8) is 0 Å². The van der Waals surface area contributed by atoms with E-state index >= 15 is 0 Å². The molecule has 2 N–H and O–H groups in total. The highest BCUT2D eigenvalue weighted by molar-refractivity contribution is 5.96. The van der Waals surface area contributed by atoms with Crippen molar-refractivity contribution in [3.05, 3.63) is 29.3 Å². The van der Waals surface area contributed by atoms with Crippen molar-refractivity contribution in [1.29, 1.82) is 0 Å². The molecule has 110 valence electrons. The van der Waals surface area contributed by atoms with Crippen molar-refractivity contribution in [2.24, 2.45) is 11.8 Å². The second kappa shape index (κ2) is 6.78. The van der Waals surface area contributed by atoms with Crippen molar-refractivity contribution in [2.45, 2.75) is 46.0 Å². The molecule has 0 saturated heterocycles. The molecule has 0 radical (unpaired) electrons. The quantitative estimate of drug-likeness (QED) is 0.881. The van der Waals surface area contributed by atoms with E-state index in [4.69, 9.17) is 0 Å². The van der Waals surface area contributed by atoms with E-state index in [1.807, 2.05) is 6.92 Å². The van der Waals surface area contributed by atoms with Gasteiger partial charge in [0, 0.05) is 6.54 Å². The molecule has 3 heteroatoms. The van der Waals surface area contributed by atoms with Crippen molar-refractivity contribution in [3.8, 4) is 5.75 Å². The zero-order chi connectivity index (χ0) is 14.5. The minimum Gasteiger partial charge on any atom is -0.507 e. The second-order valence-corrected chi connectivity index (χ2v) is 6.19. The fourth-order valence-electron chi connectivity index (χ4n) is 2.93. The molecular weight excluding hydrogens is 250 g/mol. The predicted octanol–water partition coefficient (Wildman–Crippen LogP) is 3.65. The summed E-state index contributed by atoms with van der Waals surface area (Å²) in [5, 5.41) is 12.6. The maximum Gasteiger partial charge on any atom is 0.255 e. The zero-order valence-corrected chi connectivity index (χ0v) is 12.5. The average molecular weight is 275 g/mol. The van der Waals surface area contributed by atoms with Crippen LogP contribution in [0, 0.1) is 18.8 Å². The molecule has 1 saturated carbocycles. The lowest BCUT2D eigenvalue weighted by molar-refractivity contribution is 0.0947. The third-order valence-corrected chi connectivity index (χ3v) is 4.37. The lowest BCUT2D eigenvalue weighted by Gasteiger charge is -2.26. The number of amides is 1. The van der Waals surface area contributed by atoms with Crippen LogP contribution >= 0.6 is 0 Å². The fourth-order valence-corrected chi connectivity index (χ4v) is 2.93. The number of aryl methyl sites for hydroxylation is 1. The molecule has 1 fully saturated rings. The Labute approximate surface area is 121 Å². The third-order valence-electron chi connectivity index (χ3n) is 4.37. The van der Waals surface area contributed by atoms with Crippen molar-refractivity contribution < 1.29 is 9.90 Å². The van der Waals surface area contributed by atoms with Crippen molar-refractivity contribution in [1.82, 2.24) is 5.32 Å². The molecule has 0 unspecified atom stereocenters. The van der Waals surface area contributed by atoms with E-state index in [9.17, 15) is 9.90 Å². The lowest BCUT2D eigenvalue weighted by atomic mass is 9.81. The number of rotatable bonds is 4. The van der Waals surface area contributed by atoms with Gasteiger partial charge in [0.1, 0.15) is 5.75 Å². The summed E-state index contributed by atoms with van der Waals surface area (Å²) in [6.45, 7) is 4.93. The Kier molecular flexibility index (Phi) is 5.05. The van der Waals surface area contributed by atoms with Gasteiger partial charge in [-0.25, -0.2) is 0 Å². The summed E-state index contributed by atoms with van der Waals surface area (Å²) >= 11 is 0. The van der Waals surface area contributed by atoms with E-state index in [1.54, 1.807) is 18.2 Å². The molecule has 1 aromatic carbocycles. The van der Waals surface area contributed by atoms with Crippen LogP contribution < -0.4 is 5.32 Å². The van der Waals surface area contributed by atoms with Gasteiger partial charge < -0.3 is 10.4 Å². The highest BCUT2D eigenvalue weighted by atomic mass is 16.3. The SMILES string of the molecule is Cc1ccc(O)c(C(=O)NCCC2CCC(C)CC2)c1. The van der Waals surface area contributed by atoms with Gasteiger partial charge in [0.25, 0.3) is 5.91 Å². The fraction of sp³-hybridized carbons (Fsp3) is 0.588. The molecule has 1 aliphatic rings. The van der Waals surface area contributed by atoms with Crippen LogP contribution in [-0.2, 0) is 0 Å². The molecular formula is C17H25NO2. The number of benzene rings is 1. The van der Waals surface area contributed by atoms with Gasteiger partial charge in [0.15, 0.2) is 0 Å². The predicted molar refractivity (Wildman–Crippen MR) is 80.9 cm³/mol. The maximum atomic E-state index is 12.0. The summed E-state index contributed by atoms with van der Waals surface area (Å²) in [5.74, 6) is 1.50. The number of phenols is 1. The van der Waals surface area contributed by atoms with Crippen LogP contribution in [0.5, 0.6) is 5.75 Å². The van der Waals surface area contributed by atoms with E-state index in [-0.39, 0.29) is 11.7 Å². The molecule has 1 aromatic rings. The summed E-state index contributed by atoms with van der Waals surface area (Å²) in [5.41, 5.74) is 1.36. The molecule has 0 heterocycles. The summed E-state index contributed by atoms with van der Waals surface area (Å²) in [4.78, 5) is 12.0. The molecule has 1 amide bonds. The summed E-state index contributed by atoms with van der Waals surface area (Å²) in [6.07, 6.45) is 6.25. The van der Waals surface area contributed by atoms with Crippen molar-refractivity contribution in [2.75, 3.05) is 6.54 Å². The highest BCUT2D eigenvalue weighted by Gasteiger charge is 2.18. The number of hydrogen-bond donors (Lipinski definition) is 2. The van der Waals surface area contributed by atoms with E-state index in [0.717, 1.165) is 23.8 Å². The summed E-state index contributed by atoms with van der Waals surface area (Å²) < 4.78 is 0. The summed E-state index contributed by atoms with van der Waals surface area (Å²) in [6, 6.07) is 5.11. The monoisotopic (exact) mass is 275 g/mol. The minimum atomic E-state index is -0.171. The normalized spacial score (nSPS) is 22.5. The molecule has 20 heavy (non-hydrogen) atoms. The Morgan fingerprint density at radius 1 is 1.30 bits per heavy atom. The highest BCUT2D eigenvalue weighted by Crippen LogP contribution is 2.30. The van der Waals surface area contributed by atoms with Crippen molar-refractivity contribution >= 4 is 5.91 Å². The van der Waals surface area contributed by atoms with Crippen LogP contribution in [0.4, 0.5) is 0 Å². The molecule has 2 rings (SSSR count). The Balaban J connectivity index is 1.79. The first-order chi connectivity index (χ1) is 9.56. The second-order valence-electron chi connectivity index (χ2n) is 6.19. The van der Waals surface area contributed by atoms with E-state index in [0.29, 0.717) is 12.1 Å². The van der Waals surface area contributed by atoms with Gasteiger partial charge in [0.05, 0.1) is 5.56 Å². The number of aromatic hydroxyl groups is 1. The lowest BCUT2D eigenvalue weighted by Crippen LogP contribution is -2.27. The van der Waals surface area contributed by atoms with Gasteiger partial charge in [-0.3, -0.25) is 4.79 Å². The first-order valence-corrected chi connectivity index (χ1v) is 7.64. The minimum absolute atomic E-state index is 0.0552. The molecule has 0 atom stereocenters. The van der Waals surface area contributed by atoms with Gasteiger partial charge in [-0.1, -0.05) is 44.2 Å². The molecule has 0 spiro atoms. The maximum absolute atomic E-state index is 12.0. The topological polar surface area (TPSA) is 49.3 Å². The number of phenolic OH excluding ortho intramolecular Hbond substituents is 1. The van der Waals surface area contributed by atoms with Crippen LogP contribution in [0.25, 0.3) is 0 Å². The standard InChI is InChI=1S/C17H25NO2/c1-12-3-6-14(7-4-12)9-10-18-17(20)15-11-13(2)5-8-16(15)19/h5,8,11-12,14,19H,3-4,6-7,9-10H2,1-2H3,(H,18,20). The molecule has 0 aliphatic heterocycles. The van der Waals surface area contributed by atoms with E-state index in [2.05, 4.69) is 12.2 Å². The number of carbonyl (C=O) groups is 1. The van der Waals surface area contributed by atoms with Crippen LogP contribution in [0.3, 0.4) is 0 Å². The van der Waals surface area contributed by atoms with Crippen LogP contribution in [-0.4, -0.2) is 17.6 Å². The zero-order valence-electron chi connectivity index (χ0n) is 12.5. The van der Waals surface area contributed by atoms with E-state index < -0.39 is 0 Å². The first-order valence-electron chi connectivity index (χ1n) is 7.64. The Morgan fingerprint density at radius 2 is 2.00 bits per heavy atom. The van der Waals surface area contributed by atoms with Gasteiger partial charge in [-0.05, 0) is 37.3 Å². The van der Waals surface area contributed by atoms with Gasteiger partial charge in [-0.2, -0.15) is 0 Å². The molecule has 1 aliphatic carbocycles. The Bertz CT molecular complexity index is 462. The van der Waals surface area contributed by atoms with Crippen LogP contribution in [0.2, 0.25) is 0 Å². The Morgan fingerprint density at radius 3 is 2.70 bits per heavy atom. The molecule has 0 aromatic heterocycles. The number of hydrogen-bond acceptors (Lipinski definition) is 2. The molecule has 0 bridgehead atoms. The van der Waals surface area contributed by atoms with Gasteiger partial charge >= 0.3 is 0 Å². The number of carbonyl (C=O) groups excluding carboxylic acids is 1.